The van der Waals surface area contributed by atoms with E-state index in [-0.39, 0.29) is 18.5 Å². The Kier molecular flexibility index (Phi) is 5.04. The van der Waals surface area contributed by atoms with Crippen LogP contribution in [0.1, 0.15) is 0 Å². The van der Waals surface area contributed by atoms with Crippen molar-refractivity contribution in [3.63, 3.8) is 0 Å². The number of methoxy groups -OCH3 is 1. The molecule has 3 rings (SSSR count). The number of pyridine rings is 1. The zero-order chi connectivity index (χ0) is 17.8. The number of rotatable bonds is 5. The summed E-state index contributed by atoms with van der Waals surface area (Å²) in [6.45, 7) is 0.989. The molecule has 0 unspecified atom stereocenters. The number of nitrogens with zero attached hydrogens (tertiary/aromatic N) is 3. The van der Waals surface area contributed by atoms with Gasteiger partial charge < -0.3 is 15.0 Å². The highest BCUT2D eigenvalue weighted by molar-refractivity contribution is 6.30. The van der Waals surface area contributed by atoms with Gasteiger partial charge in [0, 0.05) is 29.9 Å². The molecule has 0 radical (unpaired) electrons. The molecular formula is C17H17ClN4O3. The molecule has 0 bridgehead atoms. The number of carbonyl (C=O) groups excluding carboxylic acids is 2. The van der Waals surface area contributed by atoms with Crippen LogP contribution >= 0.6 is 11.6 Å². The maximum atomic E-state index is 12.5. The van der Waals surface area contributed by atoms with Gasteiger partial charge in [-0.1, -0.05) is 11.6 Å². The van der Waals surface area contributed by atoms with Gasteiger partial charge in [0.2, 0.25) is 11.8 Å². The van der Waals surface area contributed by atoms with Crippen molar-refractivity contribution >= 4 is 34.9 Å². The van der Waals surface area contributed by atoms with Crippen molar-refractivity contribution in [1.29, 1.82) is 0 Å². The number of urea groups is 1. The normalized spacial score (nSPS) is 13.9. The Bertz CT molecular complexity index is 764. The quantitative estimate of drug-likeness (QED) is 0.889. The van der Waals surface area contributed by atoms with Crippen molar-refractivity contribution in [2.75, 3.05) is 37.0 Å². The van der Waals surface area contributed by atoms with E-state index in [4.69, 9.17) is 16.3 Å². The lowest BCUT2D eigenvalue weighted by Crippen LogP contribution is -2.37. The summed E-state index contributed by atoms with van der Waals surface area (Å²) in [6.07, 6.45) is 1.50. The van der Waals surface area contributed by atoms with Gasteiger partial charge in [-0.2, -0.15) is 0 Å². The lowest BCUT2D eigenvalue weighted by molar-refractivity contribution is -0.116. The minimum Gasteiger partial charge on any atom is -0.481 e. The number of halogens is 1. The lowest BCUT2D eigenvalue weighted by Gasteiger charge is -2.18. The Hall–Kier alpha value is -2.80. The number of carbonyl (C=O) groups is 2. The molecule has 2 aromatic rings. The first-order chi connectivity index (χ1) is 12.1. The number of hydrogen-bond acceptors (Lipinski definition) is 4. The van der Waals surface area contributed by atoms with E-state index < -0.39 is 0 Å². The highest BCUT2D eigenvalue weighted by Gasteiger charge is 2.30. The van der Waals surface area contributed by atoms with Crippen molar-refractivity contribution in [2.45, 2.75) is 0 Å². The molecule has 3 amide bonds. The summed E-state index contributed by atoms with van der Waals surface area (Å²) >= 11 is 5.87. The fraction of sp³-hybridized carbons (Fsp3) is 0.235. The van der Waals surface area contributed by atoms with E-state index in [0.717, 1.165) is 5.69 Å². The van der Waals surface area contributed by atoms with Crippen LogP contribution in [0, 0.1) is 0 Å². The molecule has 0 aliphatic carbocycles. The number of anilines is 2. The smallest absolute Gasteiger partial charge is 0.325 e. The third-order valence-corrected chi connectivity index (χ3v) is 4.05. The molecule has 1 aliphatic heterocycles. The van der Waals surface area contributed by atoms with E-state index in [2.05, 4.69) is 10.3 Å². The lowest BCUT2D eigenvalue weighted by atomic mass is 10.3. The molecule has 7 nitrogen and oxygen atoms in total. The number of aromatic nitrogens is 1. The standard InChI is InChI=1S/C17H17ClN4O3/c1-25-16-7-4-13(10-19-16)20-15(23)11-21-8-9-22(17(21)24)14-5-2-12(18)3-6-14/h2-7,10H,8-9,11H2,1H3,(H,20,23). The Morgan fingerprint density at radius 2 is 2.00 bits per heavy atom. The Morgan fingerprint density at radius 3 is 2.64 bits per heavy atom. The van der Waals surface area contributed by atoms with Gasteiger partial charge in [0.1, 0.15) is 6.54 Å². The Balaban J connectivity index is 1.58. The van der Waals surface area contributed by atoms with E-state index in [9.17, 15) is 9.59 Å². The third kappa shape index (κ3) is 4.00. The summed E-state index contributed by atoms with van der Waals surface area (Å²) in [5.74, 6) is 0.185. The number of nitrogens with one attached hydrogen (secondary N) is 1. The monoisotopic (exact) mass is 360 g/mol. The molecule has 1 fully saturated rings. The zero-order valence-corrected chi connectivity index (χ0v) is 14.4. The van der Waals surface area contributed by atoms with Crippen LogP contribution in [-0.4, -0.2) is 48.6 Å². The van der Waals surface area contributed by atoms with Gasteiger partial charge in [-0.25, -0.2) is 9.78 Å². The average molecular weight is 361 g/mol. The predicted octanol–water partition coefficient (Wildman–Crippen LogP) is 2.62. The van der Waals surface area contributed by atoms with E-state index in [0.29, 0.717) is 29.7 Å². The van der Waals surface area contributed by atoms with Gasteiger partial charge in [0.05, 0.1) is 19.0 Å². The summed E-state index contributed by atoms with van der Waals surface area (Å²) in [5.41, 5.74) is 1.31. The van der Waals surface area contributed by atoms with E-state index in [1.54, 1.807) is 41.3 Å². The van der Waals surface area contributed by atoms with Crippen LogP contribution in [0.2, 0.25) is 5.02 Å². The van der Waals surface area contributed by atoms with Crippen molar-refractivity contribution in [3.05, 3.63) is 47.6 Å². The fourth-order valence-electron chi connectivity index (χ4n) is 2.54. The summed E-state index contributed by atoms with van der Waals surface area (Å²) in [7, 11) is 1.52. The van der Waals surface area contributed by atoms with Crippen LogP contribution in [-0.2, 0) is 4.79 Å². The van der Waals surface area contributed by atoms with Crippen LogP contribution in [0.25, 0.3) is 0 Å². The van der Waals surface area contributed by atoms with Crippen LogP contribution < -0.4 is 15.0 Å². The SMILES string of the molecule is COc1ccc(NC(=O)CN2CCN(c3ccc(Cl)cc3)C2=O)cn1. The van der Waals surface area contributed by atoms with Gasteiger partial charge >= 0.3 is 6.03 Å². The molecule has 0 spiro atoms. The highest BCUT2D eigenvalue weighted by atomic mass is 35.5. The molecule has 2 heterocycles. The van der Waals surface area contributed by atoms with Crippen LogP contribution in [0.4, 0.5) is 16.2 Å². The number of benzene rings is 1. The minimum atomic E-state index is -0.279. The van der Waals surface area contributed by atoms with Crippen LogP contribution in [0.3, 0.4) is 0 Å². The molecule has 0 atom stereocenters. The minimum absolute atomic E-state index is 0.0189. The second-order valence-electron chi connectivity index (χ2n) is 5.47. The van der Waals surface area contributed by atoms with E-state index in [1.807, 2.05) is 0 Å². The maximum Gasteiger partial charge on any atom is 0.325 e. The first kappa shape index (κ1) is 17.0. The maximum absolute atomic E-state index is 12.5. The molecule has 1 saturated heterocycles. The van der Waals surface area contributed by atoms with Crippen molar-refractivity contribution in [1.82, 2.24) is 9.88 Å². The first-order valence-corrected chi connectivity index (χ1v) is 8.06. The third-order valence-electron chi connectivity index (χ3n) is 3.80. The van der Waals surface area contributed by atoms with Gasteiger partial charge in [-0.05, 0) is 30.3 Å². The van der Waals surface area contributed by atoms with E-state index in [1.165, 1.54) is 18.2 Å². The second-order valence-corrected chi connectivity index (χ2v) is 5.91. The topological polar surface area (TPSA) is 74.8 Å². The molecule has 8 heteroatoms. The molecule has 0 saturated carbocycles. The van der Waals surface area contributed by atoms with Gasteiger partial charge in [-0.3, -0.25) is 9.69 Å². The Morgan fingerprint density at radius 1 is 1.24 bits per heavy atom. The summed E-state index contributed by atoms with van der Waals surface area (Å²) in [6, 6.07) is 10.2. The van der Waals surface area contributed by atoms with Crippen molar-refractivity contribution < 1.29 is 14.3 Å². The molecule has 130 valence electrons. The van der Waals surface area contributed by atoms with Gasteiger partial charge in [0.25, 0.3) is 0 Å². The second kappa shape index (κ2) is 7.40. The number of ether oxygens (including phenoxy) is 1. The zero-order valence-electron chi connectivity index (χ0n) is 13.6. The first-order valence-electron chi connectivity index (χ1n) is 7.69. The molecule has 25 heavy (non-hydrogen) atoms. The summed E-state index contributed by atoms with van der Waals surface area (Å²) in [5, 5.41) is 3.33. The summed E-state index contributed by atoms with van der Waals surface area (Å²) < 4.78 is 4.97. The average Bonchev–Trinajstić information content (AvgIpc) is 2.97. The Labute approximate surface area is 150 Å². The van der Waals surface area contributed by atoms with Gasteiger partial charge in [-0.15, -0.1) is 0 Å². The van der Waals surface area contributed by atoms with Gasteiger partial charge in [0.15, 0.2) is 0 Å². The summed E-state index contributed by atoms with van der Waals surface area (Å²) in [4.78, 5) is 31.8. The number of amides is 3. The van der Waals surface area contributed by atoms with Crippen LogP contribution in [0.15, 0.2) is 42.6 Å². The van der Waals surface area contributed by atoms with Crippen molar-refractivity contribution in [2.24, 2.45) is 0 Å². The van der Waals surface area contributed by atoms with Crippen molar-refractivity contribution in [3.8, 4) is 5.88 Å². The largest absolute Gasteiger partial charge is 0.481 e. The van der Waals surface area contributed by atoms with Crippen LogP contribution in [0.5, 0.6) is 5.88 Å². The fourth-order valence-corrected chi connectivity index (χ4v) is 2.66. The highest BCUT2D eigenvalue weighted by Crippen LogP contribution is 2.22. The molecule has 1 aromatic carbocycles. The molecule has 1 N–H and O–H groups in total. The molecular weight excluding hydrogens is 344 g/mol. The number of hydrogen-bond donors (Lipinski definition) is 1. The molecule has 1 aromatic heterocycles. The van der Waals surface area contributed by atoms with E-state index >= 15 is 0 Å². The predicted molar refractivity (Wildman–Crippen MR) is 95.2 cm³/mol. The molecule has 1 aliphatic rings.